The van der Waals surface area contributed by atoms with Crippen LogP contribution in [0, 0.1) is 46.3 Å². The van der Waals surface area contributed by atoms with Crippen LogP contribution in [0.2, 0.25) is 0 Å². The standard InChI is InChI=1S/C28H38O7/c1-16-11-20-21(27(3)8-5-19(31)13-22(16)27)6-9-28(4)23(20)12-18(14-35-25(33)7-10-29)26(28)24(32)15-34-17(2)30/h5,8,13,16,18,20-21,23,26,29H,6-7,9-12,14-15H2,1-4H3/t16-,18+,20+,21-,23-,26+,27+,28-/m0/s1. The summed E-state index contributed by atoms with van der Waals surface area (Å²) < 4.78 is 10.6. The van der Waals surface area contributed by atoms with E-state index in [-0.39, 0.29) is 72.3 Å². The first kappa shape index (κ1) is 25.8. The second-order valence-corrected chi connectivity index (χ2v) is 11.6. The Balaban J connectivity index is 1.64. The van der Waals surface area contributed by atoms with E-state index in [0.29, 0.717) is 11.8 Å². The molecule has 3 saturated carbocycles. The highest BCUT2D eigenvalue weighted by atomic mass is 16.5. The third kappa shape index (κ3) is 4.52. The second kappa shape index (κ2) is 9.64. The molecule has 7 heteroatoms. The lowest BCUT2D eigenvalue weighted by Gasteiger charge is -2.58. The first-order valence-electron chi connectivity index (χ1n) is 12.9. The van der Waals surface area contributed by atoms with E-state index in [1.165, 1.54) is 12.5 Å². The van der Waals surface area contributed by atoms with Gasteiger partial charge in [0, 0.05) is 24.2 Å². The first-order chi connectivity index (χ1) is 16.5. The third-order valence-corrected chi connectivity index (χ3v) is 9.59. The molecule has 0 aromatic rings. The van der Waals surface area contributed by atoms with Crippen LogP contribution in [-0.2, 0) is 28.7 Å². The summed E-state index contributed by atoms with van der Waals surface area (Å²) in [6, 6.07) is 0. The van der Waals surface area contributed by atoms with Gasteiger partial charge in [-0.15, -0.1) is 0 Å². The molecule has 192 valence electrons. The molecular formula is C28H38O7. The van der Waals surface area contributed by atoms with Crippen molar-refractivity contribution in [2.45, 2.75) is 59.8 Å². The number of hydrogen-bond acceptors (Lipinski definition) is 7. The quantitative estimate of drug-likeness (QED) is 0.549. The van der Waals surface area contributed by atoms with Crippen molar-refractivity contribution in [1.29, 1.82) is 0 Å². The molecule has 0 heterocycles. The van der Waals surface area contributed by atoms with E-state index in [0.717, 1.165) is 25.7 Å². The Hall–Kier alpha value is -2.28. The van der Waals surface area contributed by atoms with Crippen LogP contribution in [-0.4, -0.2) is 48.4 Å². The Morgan fingerprint density at radius 1 is 1.14 bits per heavy atom. The molecule has 0 bridgehead atoms. The minimum Gasteiger partial charge on any atom is -0.465 e. The van der Waals surface area contributed by atoms with Crippen molar-refractivity contribution in [3.8, 4) is 0 Å². The van der Waals surface area contributed by atoms with Gasteiger partial charge in [-0.1, -0.05) is 32.4 Å². The number of carbonyl (C=O) groups is 4. The van der Waals surface area contributed by atoms with Crippen LogP contribution in [0.15, 0.2) is 23.8 Å². The highest BCUT2D eigenvalue weighted by Gasteiger charge is 2.63. The zero-order chi connectivity index (χ0) is 25.5. The number of aliphatic hydroxyl groups excluding tert-OH is 1. The molecule has 0 aromatic heterocycles. The summed E-state index contributed by atoms with van der Waals surface area (Å²) >= 11 is 0. The predicted molar refractivity (Wildman–Crippen MR) is 128 cm³/mol. The van der Waals surface area contributed by atoms with Crippen molar-refractivity contribution < 1.29 is 33.8 Å². The molecule has 0 aromatic carbocycles. The van der Waals surface area contributed by atoms with Gasteiger partial charge in [-0.2, -0.15) is 0 Å². The number of hydrogen-bond donors (Lipinski definition) is 1. The van der Waals surface area contributed by atoms with Crippen LogP contribution in [0.5, 0.6) is 0 Å². The van der Waals surface area contributed by atoms with E-state index >= 15 is 0 Å². The predicted octanol–water partition coefficient (Wildman–Crippen LogP) is 3.44. The summed E-state index contributed by atoms with van der Waals surface area (Å²) in [5.74, 6) is -0.220. The van der Waals surface area contributed by atoms with Gasteiger partial charge in [-0.25, -0.2) is 0 Å². The highest BCUT2D eigenvalue weighted by Crippen LogP contribution is 2.68. The first-order valence-corrected chi connectivity index (χ1v) is 12.9. The Morgan fingerprint density at radius 2 is 1.89 bits per heavy atom. The van der Waals surface area contributed by atoms with Gasteiger partial charge >= 0.3 is 11.9 Å². The summed E-state index contributed by atoms with van der Waals surface area (Å²) in [5, 5.41) is 9.06. The molecular weight excluding hydrogens is 448 g/mol. The molecule has 0 amide bonds. The molecule has 7 nitrogen and oxygen atoms in total. The molecule has 3 fully saturated rings. The lowest BCUT2D eigenvalue weighted by molar-refractivity contribution is -0.152. The van der Waals surface area contributed by atoms with Gasteiger partial charge in [0.15, 0.2) is 11.6 Å². The number of fused-ring (bicyclic) bond motifs is 5. The largest absolute Gasteiger partial charge is 0.465 e. The maximum absolute atomic E-state index is 13.4. The van der Waals surface area contributed by atoms with Crippen LogP contribution >= 0.6 is 0 Å². The van der Waals surface area contributed by atoms with Crippen LogP contribution in [0.3, 0.4) is 0 Å². The van der Waals surface area contributed by atoms with Gasteiger partial charge in [0.1, 0.15) is 6.61 Å². The fourth-order valence-corrected chi connectivity index (χ4v) is 8.21. The number of ether oxygens (including phenoxy) is 2. The van der Waals surface area contributed by atoms with E-state index in [1.807, 2.05) is 6.08 Å². The molecule has 8 atom stereocenters. The fourth-order valence-electron chi connectivity index (χ4n) is 8.21. The molecule has 4 aliphatic carbocycles. The molecule has 0 spiro atoms. The maximum atomic E-state index is 13.4. The highest BCUT2D eigenvalue weighted by molar-refractivity contribution is 6.01. The summed E-state index contributed by atoms with van der Waals surface area (Å²) in [5.41, 5.74) is 0.781. The average Bonchev–Trinajstić information content (AvgIpc) is 3.10. The van der Waals surface area contributed by atoms with Crippen molar-refractivity contribution in [2.75, 3.05) is 19.8 Å². The average molecular weight is 487 g/mol. The zero-order valence-corrected chi connectivity index (χ0v) is 21.2. The number of rotatable bonds is 7. The molecule has 4 aliphatic rings. The van der Waals surface area contributed by atoms with Crippen LogP contribution in [0.1, 0.15) is 59.8 Å². The monoisotopic (exact) mass is 486 g/mol. The van der Waals surface area contributed by atoms with E-state index < -0.39 is 11.9 Å². The summed E-state index contributed by atoms with van der Waals surface area (Å²) in [7, 11) is 0. The lowest BCUT2D eigenvalue weighted by atomic mass is 9.46. The smallest absolute Gasteiger partial charge is 0.308 e. The molecule has 35 heavy (non-hydrogen) atoms. The minimum absolute atomic E-state index is 0.0604. The molecule has 1 N–H and O–H groups in total. The summed E-state index contributed by atoms with van der Waals surface area (Å²) in [4.78, 5) is 49.0. The van der Waals surface area contributed by atoms with Crippen molar-refractivity contribution in [1.82, 2.24) is 0 Å². The molecule has 0 aliphatic heterocycles. The number of Topliss-reactive ketones (excluding diaryl/α,β-unsaturated/α-hetero) is 1. The van der Waals surface area contributed by atoms with Crippen LogP contribution < -0.4 is 0 Å². The molecule has 0 saturated heterocycles. The topological polar surface area (TPSA) is 107 Å². The summed E-state index contributed by atoms with van der Waals surface area (Å²) in [6.45, 7) is 7.54. The van der Waals surface area contributed by atoms with Crippen LogP contribution in [0.25, 0.3) is 0 Å². The molecule has 0 radical (unpaired) electrons. The Morgan fingerprint density at radius 3 is 2.57 bits per heavy atom. The lowest BCUT2D eigenvalue weighted by Crippen LogP contribution is -2.52. The summed E-state index contributed by atoms with van der Waals surface area (Å²) in [6.07, 6.45) is 9.11. The Kier molecular flexibility index (Phi) is 7.11. The van der Waals surface area contributed by atoms with Crippen molar-refractivity contribution in [3.63, 3.8) is 0 Å². The van der Waals surface area contributed by atoms with E-state index in [9.17, 15) is 19.2 Å². The second-order valence-electron chi connectivity index (χ2n) is 11.6. The van der Waals surface area contributed by atoms with Gasteiger partial charge < -0.3 is 14.6 Å². The van der Waals surface area contributed by atoms with Gasteiger partial charge in [0.05, 0.1) is 19.6 Å². The maximum Gasteiger partial charge on any atom is 0.308 e. The number of carbonyl (C=O) groups excluding carboxylic acids is 4. The van der Waals surface area contributed by atoms with E-state index in [4.69, 9.17) is 14.6 Å². The van der Waals surface area contributed by atoms with Crippen molar-refractivity contribution in [3.05, 3.63) is 23.8 Å². The van der Waals surface area contributed by atoms with E-state index in [2.05, 4.69) is 26.8 Å². The van der Waals surface area contributed by atoms with Gasteiger partial charge in [-0.3, -0.25) is 19.2 Å². The van der Waals surface area contributed by atoms with Crippen molar-refractivity contribution in [2.24, 2.45) is 46.3 Å². The Bertz CT molecular complexity index is 964. The van der Waals surface area contributed by atoms with Gasteiger partial charge in [0.25, 0.3) is 0 Å². The van der Waals surface area contributed by atoms with Crippen LogP contribution in [0.4, 0.5) is 0 Å². The van der Waals surface area contributed by atoms with Gasteiger partial charge in [0.2, 0.25) is 0 Å². The third-order valence-electron chi connectivity index (χ3n) is 9.59. The normalized spacial score (nSPS) is 39.7. The molecule has 0 unspecified atom stereocenters. The Labute approximate surface area is 207 Å². The van der Waals surface area contributed by atoms with Crippen molar-refractivity contribution >= 4 is 23.5 Å². The molecule has 4 rings (SSSR count). The number of esters is 2. The zero-order valence-electron chi connectivity index (χ0n) is 21.2. The van der Waals surface area contributed by atoms with E-state index in [1.54, 1.807) is 6.08 Å². The van der Waals surface area contributed by atoms with Gasteiger partial charge in [-0.05, 0) is 66.9 Å². The number of allylic oxidation sites excluding steroid dienone is 4. The number of ketones is 2. The number of aliphatic hydroxyl groups is 1. The fraction of sp³-hybridized carbons (Fsp3) is 0.714. The SMILES string of the molecule is CC(=O)OCC(=O)[C@H]1[C@@H](COC(=O)CCO)C[C@H]2[C@@H]3C[C@H](C)C4=CC(=O)C=C[C@]4(C)[C@H]3CC[C@@]21C. The minimum atomic E-state index is -0.486.